The molecule has 1 heterocycles. The Hall–Kier alpha value is -1.10. The zero-order valence-electron chi connectivity index (χ0n) is 10.5. The molecule has 2 atom stereocenters. The largest absolute Gasteiger partial charge is 0.467 e. The summed E-state index contributed by atoms with van der Waals surface area (Å²) in [6.07, 6.45) is 2.99. The SMILES string of the molecule is CCCCCC(=O)N1CC(O)CC1C(=O)OC. The second-order valence-corrected chi connectivity index (χ2v) is 4.43. The van der Waals surface area contributed by atoms with Gasteiger partial charge in [-0.25, -0.2) is 4.79 Å². The van der Waals surface area contributed by atoms with Gasteiger partial charge < -0.3 is 14.7 Å². The van der Waals surface area contributed by atoms with E-state index in [4.69, 9.17) is 0 Å². The predicted octanol–water partition coefficient (Wildman–Crippen LogP) is 0.701. The number of methoxy groups -OCH3 is 1. The van der Waals surface area contributed by atoms with Crippen molar-refractivity contribution in [3.63, 3.8) is 0 Å². The fraction of sp³-hybridized carbons (Fsp3) is 0.833. The van der Waals surface area contributed by atoms with Crippen LogP contribution in [0.1, 0.15) is 39.0 Å². The molecular weight excluding hydrogens is 222 g/mol. The second-order valence-electron chi connectivity index (χ2n) is 4.43. The maximum atomic E-state index is 11.9. The molecule has 98 valence electrons. The molecule has 1 amide bonds. The van der Waals surface area contributed by atoms with Crippen LogP contribution in [0.4, 0.5) is 0 Å². The zero-order chi connectivity index (χ0) is 12.8. The number of unbranched alkanes of at least 4 members (excludes halogenated alkanes) is 2. The standard InChI is InChI=1S/C12H21NO4/c1-3-4-5-6-11(15)13-8-9(14)7-10(13)12(16)17-2/h9-10,14H,3-8H2,1-2H3. The smallest absolute Gasteiger partial charge is 0.328 e. The van der Waals surface area contributed by atoms with Crippen LogP contribution in [0.2, 0.25) is 0 Å². The van der Waals surface area contributed by atoms with Crippen LogP contribution >= 0.6 is 0 Å². The predicted molar refractivity (Wildman–Crippen MR) is 62.3 cm³/mol. The fourth-order valence-corrected chi connectivity index (χ4v) is 2.12. The van der Waals surface area contributed by atoms with Crippen molar-refractivity contribution >= 4 is 11.9 Å². The summed E-state index contributed by atoms with van der Waals surface area (Å²) in [5, 5.41) is 9.53. The highest BCUT2D eigenvalue weighted by Crippen LogP contribution is 2.20. The molecule has 0 aromatic heterocycles. The maximum Gasteiger partial charge on any atom is 0.328 e. The first kappa shape index (κ1) is 14.0. The van der Waals surface area contributed by atoms with Crippen molar-refractivity contribution in [2.75, 3.05) is 13.7 Å². The minimum Gasteiger partial charge on any atom is -0.467 e. The number of amides is 1. The van der Waals surface area contributed by atoms with Gasteiger partial charge in [0.15, 0.2) is 0 Å². The quantitative estimate of drug-likeness (QED) is 0.570. The number of aliphatic hydroxyl groups is 1. The van der Waals surface area contributed by atoms with Crippen LogP contribution in [0.3, 0.4) is 0 Å². The van der Waals surface area contributed by atoms with Gasteiger partial charge in [-0.15, -0.1) is 0 Å². The van der Waals surface area contributed by atoms with E-state index in [1.165, 1.54) is 12.0 Å². The Bertz CT molecular complexity index is 280. The van der Waals surface area contributed by atoms with E-state index in [0.29, 0.717) is 6.42 Å². The van der Waals surface area contributed by atoms with Crippen molar-refractivity contribution in [1.29, 1.82) is 0 Å². The van der Waals surface area contributed by atoms with Crippen LogP contribution < -0.4 is 0 Å². The van der Waals surface area contributed by atoms with Gasteiger partial charge in [0.2, 0.25) is 5.91 Å². The first-order valence-corrected chi connectivity index (χ1v) is 6.15. The van der Waals surface area contributed by atoms with Crippen LogP contribution in [0.5, 0.6) is 0 Å². The number of carbonyl (C=O) groups is 2. The summed E-state index contributed by atoms with van der Waals surface area (Å²) in [5.74, 6) is -0.504. The highest BCUT2D eigenvalue weighted by molar-refractivity contribution is 5.85. The van der Waals surface area contributed by atoms with Crippen molar-refractivity contribution in [3.8, 4) is 0 Å². The second kappa shape index (κ2) is 6.59. The Balaban J connectivity index is 2.54. The van der Waals surface area contributed by atoms with Gasteiger partial charge in [-0.3, -0.25) is 4.79 Å². The topological polar surface area (TPSA) is 66.8 Å². The summed E-state index contributed by atoms with van der Waals surface area (Å²) in [4.78, 5) is 24.8. The van der Waals surface area contributed by atoms with E-state index >= 15 is 0 Å². The first-order chi connectivity index (χ1) is 8.10. The molecule has 1 rings (SSSR count). The molecule has 5 nitrogen and oxygen atoms in total. The molecule has 1 aliphatic rings. The monoisotopic (exact) mass is 243 g/mol. The van der Waals surface area contributed by atoms with Crippen LogP contribution in [0.15, 0.2) is 0 Å². The lowest BCUT2D eigenvalue weighted by Crippen LogP contribution is -2.41. The van der Waals surface area contributed by atoms with E-state index in [0.717, 1.165) is 19.3 Å². The minimum absolute atomic E-state index is 0.0644. The van der Waals surface area contributed by atoms with Gasteiger partial charge in [0.1, 0.15) is 6.04 Å². The molecule has 0 radical (unpaired) electrons. The summed E-state index contributed by atoms with van der Waals surface area (Å²) in [6.45, 7) is 2.31. The number of esters is 1. The molecule has 2 unspecified atom stereocenters. The fourth-order valence-electron chi connectivity index (χ4n) is 2.12. The molecule has 0 bridgehead atoms. The van der Waals surface area contributed by atoms with Crippen molar-refractivity contribution in [1.82, 2.24) is 4.90 Å². The molecule has 0 aromatic carbocycles. The van der Waals surface area contributed by atoms with Crippen molar-refractivity contribution in [2.24, 2.45) is 0 Å². The summed E-state index contributed by atoms with van der Waals surface area (Å²) >= 11 is 0. The molecule has 1 N–H and O–H groups in total. The van der Waals surface area contributed by atoms with Gasteiger partial charge >= 0.3 is 5.97 Å². The number of rotatable bonds is 5. The number of nitrogens with zero attached hydrogens (tertiary/aromatic N) is 1. The molecule has 0 saturated carbocycles. The number of aliphatic hydroxyl groups excluding tert-OH is 1. The lowest BCUT2D eigenvalue weighted by atomic mass is 10.1. The molecular formula is C12H21NO4. The van der Waals surface area contributed by atoms with Crippen LogP contribution in [-0.4, -0.2) is 47.7 Å². The first-order valence-electron chi connectivity index (χ1n) is 6.15. The van der Waals surface area contributed by atoms with E-state index in [-0.39, 0.29) is 18.9 Å². The average molecular weight is 243 g/mol. The maximum absolute atomic E-state index is 11.9. The molecule has 0 aliphatic carbocycles. The Kier molecular flexibility index (Phi) is 5.41. The molecule has 1 fully saturated rings. The number of likely N-dealkylation sites (tertiary alicyclic amines) is 1. The normalized spacial score (nSPS) is 23.8. The Labute approximate surface area is 102 Å². The molecule has 1 saturated heterocycles. The van der Waals surface area contributed by atoms with Gasteiger partial charge in [-0.2, -0.15) is 0 Å². The summed E-state index contributed by atoms with van der Waals surface area (Å²) in [5.41, 5.74) is 0. The zero-order valence-corrected chi connectivity index (χ0v) is 10.5. The molecule has 5 heteroatoms. The molecule has 17 heavy (non-hydrogen) atoms. The Morgan fingerprint density at radius 2 is 2.12 bits per heavy atom. The summed E-state index contributed by atoms with van der Waals surface area (Å²) < 4.78 is 4.64. The van der Waals surface area contributed by atoms with E-state index in [1.54, 1.807) is 0 Å². The van der Waals surface area contributed by atoms with E-state index in [1.807, 2.05) is 0 Å². The van der Waals surface area contributed by atoms with Gasteiger partial charge in [-0.05, 0) is 6.42 Å². The van der Waals surface area contributed by atoms with Crippen LogP contribution in [-0.2, 0) is 14.3 Å². The van der Waals surface area contributed by atoms with E-state index < -0.39 is 18.1 Å². The number of ether oxygens (including phenoxy) is 1. The lowest BCUT2D eigenvalue weighted by Gasteiger charge is -2.22. The highest BCUT2D eigenvalue weighted by Gasteiger charge is 2.39. The Morgan fingerprint density at radius 3 is 2.71 bits per heavy atom. The third kappa shape index (κ3) is 3.70. The third-order valence-corrected chi connectivity index (χ3v) is 3.07. The van der Waals surface area contributed by atoms with E-state index in [2.05, 4.69) is 11.7 Å². The summed E-state index contributed by atoms with van der Waals surface area (Å²) in [7, 11) is 1.30. The number of β-amino-alcohol motifs (C(OH)–C–C–N with tert-alkyl or cyclic N) is 1. The van der Waals surface area contributed by atoms with Gasteiger partial charge in [0.25, 0.3) is 0 Å². The molecule has 0 spiro atoms. The van der Waals surface area contributed by atoms with Crippen molar-refractivity contribution in [3.05, 3.63) is 0 Å². The minimum atomic E-state index is -0.616. The number of hydrogen-bond donors (Lipinski definition) is 1. The number of carbonyl (C=O) groups excluding carboxylic acids is 2. The molecule has 1 aliphatic heterocycles. The highest BCUT2D eigenvalue weighted by atomic mass is 16.5. The van der Waals surface area contributed by atoms with Crippen molar-refractivity contribution in [2.45, 2.75) is 51.2 Å². The van der Waals surface area contributed by atoms with Crippen LogP contribution in [0, 0.1) is 0 Å². The lowest BCUT2D eigenvalue weighted by molar-refractivity contribution is -0.151. The van der Waals surface area contributed by atoms with Gasteiger partial charge in [-0.1, -0.05) is 19.8 Å². The third-order valence-electron chi connectivity index (χ3n) is 3.07. The van der Waals surface area contributed by atoms with E-state index in [9.17, 15) is 14.7 Å². The number of hydrogen-bond acceptors (Lipinski definition) is 4. The Morgan fingerprint density at radius 1 is 1.41 bits per heavy atom. The molecule has 0 aromatic rings. The van der Waals surface area contributed by atoms with Crippen molar-refractivity contribution < 1.29 is 19.4 Å². The van der Waals surface area contributed by atoms with Gasteiger partial charge in [0.05, 0.1) is 13.2 Å². The van der Waals surface area contributed by atoms with Gasteiger partial charge in [0, 0.05) is 19.4 Å². The summed E-state index contributed by atoms with van der Waals surface area (Å²) in [6, 6.07) is -0.607. The van der Waals surface area contributed by atoms with Crippen LogP contribution in [0.25, 0.3) is 0 Å². The average Bonchev–Trinajstić information content (AvgIpc) is 2.70.